The number of aromatic nitrogens is 1. The minimum Gasteiger partial charge on any atom is -0.479 e. The van der Waals surface area contributed by atoms with Crippen LogP contribution in [0.15, 0.2) is 36.4 Å². The number of carboxylic acids is 1. The van der Waals surface area contributed by atoms with Gasteiger partial charge in [0, 0.05) is 10.7 Å². The predicted molar refractivity (Wildman–Crippen MR) is 116 cm³/mol. The molecule has 0 radical (unpaired) electrons. The standard InChI is InChI=1S/C22H20ClF3N2O7/c23-13-3-1-2-10-4-9-14(27-15(10)13)28(11-5-7-12(8-6-11)35-22(24,25)26)20-18(31)16(29)17(30)19(34-20)21(32)33/h2,4-9,16-20,29-31H,1,3H2,(H,32,33)/t16-,17-,18+,19-,20+/m0/s1. The minimum atomic E-state index is -4.91. The second-order valence-electron chi connectivity index (χ2n) is 7.92. The molecule has 2 aromatic rings. The molecule has 35 heavy (non-hydrogen) atoms. The van der Waals surface area contributed by atoms with E-state index in [2.05, 4.69) is 9.72 Å². The molecule has 4 N–H and O–H groups in total. The molecule has 1 aromatic heterocycles. The van der Waals surface area contributed by atoms with Gasteiger partial charge in [0.1, 0.15) is 29.9 Å². The zero-order valence-electron chi connectivity index (χ0n) is 17.8. The molecule has 2 heterocycles. The lowest BCUT2D eigenvalue weighted by molar-refractivity contribution is -0.274. The van der Waals surface area contributed by atoms with Crippen molar-refractivity contribution in [3.8, 4) is 5.75 Å². The van der Waals surface area contributed by atoms with Gasteiger partial charge in [-0.2, -0.15) is 0 Å². The number of rotatable bonds is 5. The van der Waals surface area contributed by atoms with Crippen molar-refractivity contribution in [3.63, 3.8) is 0 Å². The van der Waals surface area contributed by atoms with Crippen LogP contribution in [0.5, 0.6) is 5.75 Å². The fraction of sp³-hybridized carbons (Fsp3) is 0.364. The lowest BCUT2D eigenvalue weighted by Crippen LogP contribution is -2.63. The lowest BCUT2D eigenvalue weighted by atomic mass is 9.97. The average molecular weight is 517 g/mol. The van der Waals surface area contributed by atoms with Crippen molar-refractivity contribution in [3.05, 3.63) is 47.0 Å². The second kappa shape index (κ2) is 9.63. The molecule has 1 aromatic carbocycles. The summed E-state index contributed by atoms with van der Waals surface area (Å²) in [6.45, 7) is 0. The average Bonchev–Trinajstić information content (AvgIpc) is 2.79. The van der Waals surface area contributed by atoms with E-state index >= 15 is 0 Å². The van der Waals surface area contributed by atoms with Crippen molar-refractivity contribution in [2.75, 3.05) is 4.90 Å². The maximum atomic E-state index is 12.6. The van der Waals surface area contributed by atoms with Crippen molar-refractivity contribution in [1.29, 1.82) is 0 Å². The maximum absolute atomic E-state index is 12.6. The van der Waals surface area contributed by atoms with Crippen molar-refractivity contribution in [1.82, 2.24) is 4.98 Å². The molecule has 0 spiro atoms. The van der Waals surface area contributed by atoms with E-state index in [0.717, 1.165) is 17.4 Å². The molecule has 2 aliphatic rings. The number of benzene rings is 1. The van der Waals surface area contributed by atoms with E-state index in [1.165, 1.54) is 23.1 Å². The molecule has 5 atom stereocenters. The maximum Gasteiger partial charge on any atom is 0.573 e. The number of anilines is 2. The number of carbonyl (C=O) groups is 1. The summed E-state index contributed by atoms with van der Waals surface area (Å²) in [5.74, 6) is -2.01. The predicted octanol–water partition coefficient (Wildman–Crippen LogP) is 0.932. The Balaban J connectivity index is 1.83. The lowest BCUT2D eigenvalue weighted by Gasteiger charge is -2.44. The second-order valence-corrected chi connectivity index (χ2v) is 8.38. The fourth-order valence-electron chi connectivity index (χ4n) is 3.95. The summed E-state index contributed by atoms with van der Waals surface area (Å²) >= 11 is 6.33. The van der Waals surface area contributed by atoms with Gasteiger partial charge in [0.15, 0.2) is 12.3 Å². The normalized spacial score (nSPS) is 26.5. The number of nitrogens with zero attached hydrogens (tertiary/aromatic N) is 2. The van der Waals surface area contributed by atoms with Crippen LogP contribution in [0.3, 0.4) is 0 Å². The van der Waals surface area contributed by atoms with Crippen LogP contribution in [0.25, 0.3) is 11.1 Å². The number of pyridine rings is 1. The topological polar surface area (TPSA) is 133 Å². The van der Waals surface area contributed by atoms with Crippen molar-refractivity contribution < 1.29 is 47.9 Å². The van der Waals surface area contributed by atoms with E-state index in [4.69, 9.17) is 16.3 Å². The number of carboxylic acid groups (broad SMARTS) is 1. The first-order valence-electron chi connectivity index (χ1n) is 10.4. The van der Waals surface area contributed by atoms with Gasteiger partial charge in [-0.3, -0.25) is 4.90 Å². The molecule has 4 rings (SSSR count). The van der Waals surface area contributed by atoms with Gasteiger partial charge in [0.2, 0.25) is 0 Å². The summed E-state index contributed by atoms with van der Waals surface area (Å²) in [5, 5.41) is 42.1. The number of fused-ring (bicyclic) bond motifs is 1. The van der Waals surface area contributed by atoms with Gasteiger partial charge in [0.05, 0.1) is 5.35 Å². The number of aliphatic hydroxyl groups excluding tert-OH is 3. The molecule has 1 aliphatic carbocycles. The number of aliphatic carboxylic acids is 1. The largest absolute Gasteiger partial charge is 0.573 e. The third-order valence-corrected chi connectivity index (χ3v) is 5.95. The van der Waals surface area contributed by atoms with Crippen LogP contribution in [0.2, 0.25) is 0 Å². The van der Waals surface area contributed by atoms with Gasteiger partial charge in [-0.25, -0.2) is 9.78 Å². The van der Waals surface area contributed by atoms with Gasteiger partial charge in [-0.05, 0) is 54.5 Å². The Labute approximate surface area is 200 Å². The molecule has 13 heteroatoms. The SMILES string of the molecule is O=C(O)[C@H]1O[C@@H](N(c2ccc(OC(F)(F)F)cc2)c2ccc3c(n2)=C(Cl)CCC=3)[C@H](O)[C@@H](O)[C@@H]1O. The van der Waals surface area contributed by atoms with E-state index in [9.17, 15) is 38.4 Å². The van der Waals surface area contributed by atoms with Crippen LogP contribution in [-0.4, -0.2) is 68.4 Å². The van der Waals surface area contributed by atoms with Crippen molar-refractivity contribution in [2.24, 2.45) is 0 Å². The molecule has 0 bridgehead atoms. The Morgan fingerprint density at radius 2 is 1.77 bits per heavy atom. The first kappa shape index (κ1) is 25.2. The molecule has 0 unspecified atom stereocenters. The van der Waals surface area contributed by atoms with E-state index in [0.29, 0.717) is 23.2 Å². The molecular weight excluding hydrogens is 497 g/mol. The summed E-state index contributed by atoms with van der Waals surface area (Å²) in [7, 11) is 0. The van der Waals surface area contributed by atoms with E-state index in [1.807, 2.05) is 6.08 Å². The number of ether oxygens (including phenoxy) is 2. The zero-order valence-corrected chi connectivity index (χ0v) is 18.5. The number of hydrogen-bond donors (Lipinski definition) is 4. The highest BCUT2D eigenvalue weighted by molar-refractivity contribution is 6.45. The quantitative estimate of drug-likeness (QED) is 0.458. The molecule has 1 fully saturated rings. The Morgan fingerprint density at radius 1 is 1.09 bits per heavy atom. The van der Waals surface area contributed by atoms with Crippen LogP contribution in [0, 0.1) is 0 Å². The van der Waals surface area contributed by atoms with Crippen LogP contribution >= 0.6 is 11.6 Å². The van der Waals surface area contributed by atoms with Crippen LogP contribution < -0.4 is 20.2 Å². The Kier molecular flexibility index (Phi) is 6.93. The van der Waals surface area contributed by atoms with Crippen LogP contribution in [0.4, 0.5) is 24.7 Å². The van der Waals surface area contributed by atoms with E-state index < -0.39 is 48.7 Å². The van der Waals surface area contributed by atoms with Gasteiger partial charge in [-0.15, -0.1) is 13.2 Å². The summed E-state index contributed by atoms with van der Waals surface area (Å²) < 4.78 is 47.1. The van der Waals surface area contributed by atoms with Gasteiger partial charge < -0.3 is 29.9 Å². The number of alkyl halides is 3. The summed E-state index contributed by atoms with van der Waals surface area (Å²) in [6, 6.07) is 7.65. The highest BCUT2D eigenvalue weighted by Crippen LogP contribution is 2.34. The van der Waals surface area contributed by atoms with E-state index in [-0.39, 0.29) is 11.5 Å². The molecule has 1 aliphatic heterocycles. The number of halogens is 4. The summed E-state index contributed by atoms with van der Waals surface area (Å²) in [5.41, 5.74) is 0.125. The van der Waals surface area contributed by atoms with Gasteiger partial charge in [0.25, 0.3) is 0 Å². The molecule has 1 saturated heterocycles. The Hall–Kier alpha value is -2.90. The Morgan fingerprint density at radius 3 is 2.40 bits per heavy atom. The monoisotopic (exact) mass is 516 g/mol. The number of hydrogen-bond acceptors (Lipinski definition) is 8. The smallest absolute Gasteiger partial charge is 0.479 e. The minimum absolute atomic E-state index is 0.0958. The molecule has 0 amide bonds. The van der Waals surface area contributed by atoms with Gasteiger partial charge in [-0.1, -0.05) is 17.7 Å². The fourth-order valence-corrected chi connectivity index (χ4v) is 4.21. The first-order valence-corrected chi connectivity index (χ1v) is 10.8. The molecular formula is C22H20ClF3N2O7. The number of aliphatic hydroxyl groups is 3. The third kappa shape index (κ3) is 5.21. The first-order chi connectivity index (χ1) is 16.5. The highest BCUT2D eigenvalue weighted by atomic mass is 35.5. The molecule has 0 saturated carbocycles. The molecule has 9 nitrogen and oxygen atoms in total. The van der Waals surface area contributed by atoms with Crippen molar-refractivity contribution >= 4 is 40.2 Å². The molecule has 188 valence electrons. The third-order valence-electron chi connectivity index (χ3n) is 5.58. The van der Waals surface area contributed by atoms with Crippen molar-refractivity contribution in [2.45, 2.75) is 49.8 Å². The Bertz CT molecular complexity index is 1230. The van der Waals surface area contributed by atoms with Crippen LogP contribution in [0.1, 0.15) is 12.8 Å². The summed E-state index contributed by atoms with van der Waals surface area (Å²) in [6.07, 6.45) is -10.9. The highest BCUT2D eigenvalue weighted by Gasteiger charge is 2.49. The summed E-state index contributed by atoms with van der Waals surface area (Å²) in [4.78, 5) is 17.3. The van der Waals surface area contributed by atoms with Crippen LogP contribution in [-0.2, 0) is 9.53 Å². The van der Waals surface area contributed by atoms with E-state index in [1.54, 1.807) is 6.07 Å². The van der Waals surface area contributed by atoms with Gasteiger partial charge >= 0.3 is 12.3 Å². The zero-order chi connectivity index (χ0) is 25.5.